The van der Waals surface area contributed by atoms with Gasteiger partial charge in [0.05, 0.1) is 25.8 Å². The van der Waals surface area contributed by atoms with Crippen molar-refractivity contribution in [2.24, 2.45) is 15.9 Å². The molecule has 3 N–H and O–H groups in total. The first kappa shape index (κ1) is 32.6. The second-order valence-corrected chi connectivity index (χ2v) is 10.8. The minimum Gasteiger partial charge on any atom is -0.467 e. The molecule has 1 aliphatic rings. The van der Waals surface area contributed by atoms with Crippen molar-refractivity contribution in [1.29, 1.82) is 0 Å². The van der Waals surface area contributed by atoms with Crippen molar-refractivity contribution in [2.75, 3.05) is 20.7 Å². The van der Waals surface area contributed by atoms with Gasteiger partial charge >= 0.3 is 18.2 Å². The van der Waals surface area contributed by atoms with Gasteiger partial charge < -0.3 is 35.0 Å². The second kappa shape index (κ2) is 14.8. The lowest BCUT2D eigenvalue weighted by Gasteiger charge is -2.24. The average molecular weight is 596 g/mol. The van der Waals surface area contributed by atoms with Gasteiger partial charge in [-0.3, -0.25) is 4.79 Å². The highest BCUT2D eigenvalue weighted by atomic mass is 16.6. The molecule has 0 spiro atoms. The van der Waals surface area contributed by atoms with Gasteiger partial charge in [-0.1, -0.05) is 59.8 Å². The number of nitrogens with one attached hydrogen (secondary N) is 1. The van der Waals surface area contributed by atoms with E-state index >= 15 is 0 Å². The van der Waals surface area contributed by atoms with Crippen LogP contribution in [-0.2, 0) is 35.2 Å². The van der Waals surface area contributed by atoms with E-state index in [1.807, 2.05) is 18.2 Å². The Hall–Kier alpha value is -4.94. The van der Waals surface area contributed by atoms with Gasteiger partial charge in [0, 0.05) is 19.0 Å². The Balaban J connectivity index is 1.50. The Labute approximate surface area is 250 Å². The van der Waals surface area contributed by atoms with Crippen LogP contribution in [-0.4, -0.2) is 79.0 Å². The maximum atomic E-state index is 12.9. The first-order valence-electron chi connectivity index (χ1n) is 13.5. The molecule has 0 fully saturated rings. The standard InChI is InChI=1S/C30H37N5O8/c1-30(2,3)42-29(39)33-26(31)21-13-11-20(12-14-21)23-15-22(43-34-23)16-25(36)35(4)17-24(27(37)40-5)32-28(38)41-18-19-9-7-6-8-10-19/h6-14,22,24H,15-18H2,1-5H3,(H,32,38)(H2,31,33,39)/t22?,24-/m0/s1. The normalized spacial score (nSPS) is 15.4. The van der Waals surface area contributed by atoms with E-state index in [0.29, 0.717) is 17.7 Å². The number of amides is 3. The van der Waals surface area contributed by atoms with Crippen LogP contribution >= 0.6 is 0 Å². The largest absolute Gasteiger partial charge is 0.467 e. The Kier molecular flexibility index (Phi) is 11.2. The highest BCUT2D eigenvalue weighted by Gasteiger charge is 2.29. The van der Waals surface area contributed by atoms with Crippen molar-refractivity contribution in [3.8, 4) is 0 Å². The van der Waals surface area contributed by atoms with Crippen molar-refractivity contribution in [2.45, 2.75) is 58.0 Å². The van der Waals surface area contributed by atoms with E-state index in [2.05, 4.69) is 15.5 Å². The van der Waals surface area contributed by atoms with Gasteiger partial charge in [-0.05, 0) is 31.9 Å². The number of hydrogen-bond donors (Lipinski definition) is 2. The smallest absolute Gasteiger partial charge is 0.436 e. The molecule has 43 heavy (non-hydrogen) atoms. The average Bonchev–Trinajstić information content (AvgIpc) is 3.43. The van der Waals surface area contributed by atoms with Gasteiger partial charge in [-0.15, -0.1) is 0 Å². The molecular weight excluding hydrogens is 558 g/mol. The van der Waals surface area contributed by atoms with Crippen LogP contribution in [0.15, 0.2) is 64.7 Å². The predicted octanol–water partition coefficient (Wildman–Crippen LogP) is 3.14. The summed E-state index contributed by atoms with van der Waals surface area (Å²) in [6, 6.07) is 14.8. The van der Waals surface area contributed by atoms with Gasteiger partial charge in [0.25, 0.3) is 0 Å². The van der Waals surface area contributed by atoms with Crippen molar-refractivity contribution in [3.63, 3.8) is 0 Å². The van der Waals surface area contributed by atoms with E-state index in [9.17, 15) is 19.2 Å². The number of esters is 1. The number of amidine groups is 1. The molecular formula is C30H37N5O8. The Bertz CT molecular complexity index is 1350. The topological polar surface area (TPSA) is 171 Å². The highest BCUT2D eigenvalue weighted by molar-refractivity contribution is 6.05. The Morgan fingerprint density at radius 1 is 1.12 bits per heavy atom. The summed E-state index contributed by atoms with van der Waals surface area (Å²) in [5.41, 5.74) is 7.95. The first-order chi connectivity index (χ1) is 20.3. The number of benzene rings is 2. The molecule has 1 unspecified atom stereocenters. The minimum atomic E-state index is -1.14. The SMILES string of the molecule is COC(=O)[C@H](CN(C)C(=O)CC1CC(c2ccc(/C(N)=N/C(=O)OC(C)(C)C)cc2)=NO1)NC(=O)OCc1ccccc1. The van der Waals surface area contributed by atoms with Crippen LogP contribution in [0.25, 0.3) is 0 Å². The highest BCUT2D eigenvalue weighted by Crippen LogP contribution is 2.20. The van der Waals surface area contributed by atoms with E-state index in [1.165, 1.54) is 19.1 Å². The summed E-state index contributed by atoms with van der Waals surface area (Å²) in [4.78, 5) is 60.0. The van der Waals surface area contributed by atoms with Crippen LogP contribution < -0.4 is 11.1 Å². The molecule has 1 heterocycles. The zero-order valence-corrected chi connectivity index (χ0v) is 24.9. The van der Waals surface area contributed by atoms with Crippen LogP contribution in [0.3, 0.4) is 0 Å². The maximum absolute atomic E-state index is 12.9. The fourth-order valence-electron chi connectivity index (χ4n) is 3.94. The number of nitrogens with zero attached hydrogens (tertiary/aromatic N) is 3. The molecule has 13 heteroatoms. The van der Waals surface area contributed by atoms with Crippen LogP contribution in [0.5, 0.6) is 0 Å². The number of likely N-dealkylation sites (N-methyl/N-ethyl adjacent to an activating group) is 1. The van der Waals surface area contributed by atoms with E-state index in [1.54, 1.807) is 57.2 Å². The lowest BCUT2D eigenvalue weighted by molar-refractivity contribution is -0.144. The Morgan fingerprint density at radius 2 is 1.79 bits per heavy atom. The third-order valence-electron chi connectivity index (χ3n) is 6.13. The number of ether oxygens (including phenoxy) is 3. The summed E-state index contributed by atoms with van der Waals surface area (Å²) in [7, 11) is 2.70. The number of hydrogen-bond acceptors (Lipinski definition) is 9. The number of nitrogens with two attached hydrogens (primary N) is 1. The van der Waals surface area contributed by atoms with Crippen LogP contribution in [0.4, 0.5) is 9.59 Å². The number of oxime groups is 1. The molecule has 3 rings (SSSR count). The number of aliphatic imine (C=N–C) groups is 1. The molecule has 0 aliphatic carbocycles. The summed E-state index contributed by atoms with van der Waals surface area (Å²) in [6.45, 7) is 5.08. The molecule has 0 bridgehead atoms. The van der Waals surface area contributed by atoms with E-state index in [4.69, 9.17) is 24.8 Å². The van der Waals surface area contributed by atoms with Crippen LogP contribution in [0, 0.1) is 0 Å². The molecule has 2 aromatic carbocycles. The van der Waals surface area contributed by atoms with Gasteiger partial charge in [-0.25, -0.2) is 14.4 Å². The van der Waals surface area contributed by atoms with Gasteiger partial charge in [0.1, 0.15) is 30.2 Å². The van der Waals surface area contributed by atoms with Gasteiger partial charge in [0.15, 0.2) is 0 Å². The summed E-state index contributed by atoms with van der Waals surface area (Å²) >= 11 is 0. The van der Waals surface area contributed by atoms with Gasteiger partial charge in [-0.2, -0.15) is 4.99 Å². The summed E-state index contributed by atoms with van der Waals surface area (Å²) < 4.78 is 15.1. The zero-order chi connectivity index (χ0) is 31.6. The number of alkyl carbamates (subject to hydrolysis) is 1. The molecule has 0 saturated heterocycles. The lowest BCUT2D eigenvalue weighted by atomic mass is 10.0. The molecule has 13 nitrogen and oxygen atoms in total. The summed E-state index contributed by atoms with van der Waals surface area (Å²) in [6.07, 6.45) is -1.77. The fourth-order valence-corrected chi connectivity index (χ4v) is 3.94. The molecule has 230 valence electrons. The minimum absolute atomic E-state index is 0.0105. The number of methoxy groups -OCH3 is 1. The zero-order valence-electron chi connectivity index (χ0n) is 24.9. The monoisotopic (exact) mass is 595 g/mol. The predicted molar refractivity (Wildman–Crippen MR) is 157 cm³/mol. The van der Waals surface area contributed by atoms with Gasteiger partial charge in [0.2, 0.25) is 5.91 Å². The third-order valence-corrected chi connectivity index (χ3v) is 6.13. The van der Waals surface area contributed by atoms with E-state index in [-0.39, 0.29) is 31.3 Å². The quantitative estimate of drug-likeness (QED) is 0.181. The summed E-state index contributed by atoms with van der Waals surface area (Å²) in [5.74, 6) is -1.03. The number of carbonyl (C=O) groups excluding carboxylic acids is 4. The van der Waals surface area contributed by atoms with Crippen molar-refractivity contribution < 1.29 is 38.2 Å². The van der Waals surface area contributed by atoms with Crippen LogP contribution in [0.2, 0.25) is 0 Å². The van der Waals surface area contributed by atoms with Crippen molar-refractivity contribution in [1.82, 2.24) is 10.2 Å². The number of rotatable bonds is 10. The fraction of sp³-hybridized carbons (Fsp3) is 0.400. The molecule has 2 aromatic rings. The first-order valence-corrected chi connectivity index (χ1v) is 13.5. The maximum Gasteiger partial charge on any atom is 0.436 e. The summed E-state index contributed by atoms with van der Waals surface area (Å²) in [5, 5.41) is 6.56. The second-order valence-electron chi connectivity index (χ2n) is 10.8. The lowest BCUT2D eigenvalue weighted by Crippen LogP contribution is -2.49. The van der Waals surface area contributed by atoms with Crippen molar-refractivity contribution in [3.05, 3.63) is 71.3 Å². The Morgan fingerprint density at radius 3 is 2.42 bits per heavy atom. The molecule has 2 atom stereocenters. The number of carbonyl (C=O) groups is 4. The van der Waals surface area contributed by atoms with Crippen LogP contribution in [0.1, 0.15) is 50.3 Å². The van der Waals surface area contributed by atoms with E-state index < -0.39 is 35.9 Å². The molecule has 0 saturated carbocycles. The third kappa shape index (κ3) is 10.4. The van der Waals surface area contributed by atoms with Crippen molar-refractivity contribution >= 4 is 35.6 Å². The molecule has 0 radical (unpaired) electrons. The molecule has 1 aliphatic heterocycles. The molecule has 3 amide bonds. The molecule has 0 aromatic heterocycles. The van der Waals surface area contributed by atoms with E-state index in [0.717, 1.165) is 11.1 Å².